The van der Waals surface area contributed by atoms with Gasteiger partial charge in [-0.05, 0) is 26.3 Å². The Morgan fingerprint density at radius 3 is 2.73 bits per heavy atom. The van der Waals surface area contributed by atoms with Crippen LogP contribution in [0.2, 0.25) is 0 Å². The van der Waals surface area contributed by atoms with Crippen LogP contribution in [-0.4, -0.2) is 41.9 Å². The Morgan fingerprint density at radius 2 is 2.20 bits per heavy atom. The van der Waals surface area contributed by atoms with Crippen LogP contribution in [0.4, 0.5) is 0 Å². The van der Waals surface area contributed by atoms with E-state index in [1.165, 1.54) is 7.11 Å². The van der Waals surface area contributed by atoms with Crippen LogP contribution in [0.15, 0.2) is 0 Å². The third kappa shape index (κ3) is 9.87. The number of nitrogens with one attached hydrogen (secondary N) is 1. The van der Waals surface area contributed by atoms with Crippen molar-refractivity contribution in [1.82, 2.24) is 5.32 Å². The molecule has 0 aromatic carbocycles. The molecule has 0 saturated carbocycles. The summed E-state index contributed by atoms with van der Waals surface area (Å²) in [4.78, 5) is 10.8. The molecule has 0 aromatic rings. The number of carbonyl (C=O) groups excluding carboxylic acids is 1. The lowest BCUT2D eigenvalue weighted by molar-refractivity contribution is -0.140. The zero-order chi connectivity index (χ0) is 11.7. The Bertz CT molecular complexity index is 209. The molecule has 15 heavy (non-hydrogen) atoms. The van der Waals surface area contributed by atoms with E-state index in [9.17, 15) is 9.00 Å². The summed E-state index contributed by atoms with van der Waals surface area (Å²) in [6.45, 7) is 2.86. The van der Waals surface area contributed by atoms with Crippen LogP contribution in [0.1, 0.15) is 26.2 Å². The Hall–Kier alpha value is -0.420. The second-order valence-corrected chi connectivity index (χ2v) is 5.16. The Morgan fingerprint density at radius 1 is 1.53 bits per heavy atom. The Kier molecular flexibility index (Phi) is 8.61. The molecule has 0 saturated heterocycles. The maximum absolute atomic E-state index is 10.8. The standard InChI is InChI=1S/C10H21NO3S/c1-9(6-8-15(3)13)11-7-4-5-10(12)14-2/h9,11H,4-8H2,1-3H3. The minimum Gasteiger partial charge on any atom is -0.469 e. The van der Waals surface area contributed by atoms with Gasteiger partial charge in [0.1, 0.15) is 0 Å². The molecule has 4 nitrogen and oxygen atoms in total. The van der Waals surface area contributed by atoms with Crippen molar-refractivity contribution in [3.8, 4) is 0 Å². The highest BCUT2D eigenvalue weighted by atomic mass is 32.2. The lowest BCUT2D eigenvalue weighted by atomic mass is 10.2. The van der Waals surface area contributed by atoms with Crippen LogP contribution in [0.5, 0.6) is 0 Å². The molecule has 90 valence electrons. The molecule has 0 amide bonds. The first-order valence-electron chi connectivity index (χ1n) is 5.16. The third-order valence-corrected chi connectivity index (χ3v) is 2.93. The molecule has 0 bridgehead atoms. The average molecular weight is 235 g/mol. The van der Waals surface area contributed by atoms with Crippen molar-refractivity contribution in [2.45, 2.75) is 32.2 Å². The van der Waals surface area contributed by atoms with E-state index in [-0.39, 0.29) is 5.97 Å². The molecule has 1 N–H and O–H groups in total. The van der Waals surface area contributed by atoms with Crippen LogP contribution >= 0.6 is 0 Å². The molecular weight excluding hydrogens is 214 g/mol. The van der Waals surface area contributed by atoms with Gasteiger partial charge in [0.15, 0.2) is 0 Å². The van der Waals surface area contributed by atoms with E-state index in [2.05, 4.69) is 17.0 Å². The van der Waals surface area contributed by atoms with Crippen LogP contribution in [-0.2, 0) is 20.3 Å². The van der Waals surface area contributed by atoms with E-state index in [1.54, 1.807) is 6.26 Å². The smallest absolute Gasteiger partial charge is 0.305 e. The zero-order valence-electron chi connectivity index (χ0n) is 9.75. The molecule has 0 aliphatic carbocycles. The van der Waals surface area contributed by atoms with Gasteiger partial charge in [0.05, 0.1) is 7.11 Å². The van der Waals surface area contributed by atoms with Gasteiger partial charge in [0, 0.05) is 35.3 Å². The largest absolute Gasteiger partial charge is 0.469 e. The maximum Gasteiger partial charge on any atom is 0.305 e. The fourth-order valence-electron chi connectivity index (χ4n) is 1.13. The van der Waals surface area contributed by atoms with Gasteiger partial charge in [-0.1, -0.05) is 0 Å². The number of rotatable bonds is 8. The number of hydrogen-bond donors (Lipinski definition) is 1. The second-order valence-electron chi connectivity index (χ2n) is 3.60. The van der Waals surface area contributed by atoms with Crippen molar-refractivity contribution < 1.29 is 13.7 Å². The number of hydrogen-bond acceptors (Lipinski definition) is 4. The van der Waals surface area contributed by atoms with Gasteiger partial charge in [-0.2, -0.15) is 0 Å². The first kappa shape index (κ1) is 14.6. The molecule has 0 aromatic heterocycles. The van der Waals surface area contributed by atoms with E-state index < -0.39 is 10.8 Å². The molecule has 2 atom stereocenters. The van der Waals surface area contributed by atoms with E-state index in [4.69, 9.17) is 0 Å². The minimum absolute atomic E-state index is 0.167. The summed E-state index contributed by atoms with van der Waals surface area (Å²) in [5.41, 5.74) is 0. The van der Waals surface area contributed by atoms with Gasteiger partial charge < -0.3 is 10.1 Å². The number of ether oxygens (including phenoxy) is 1. The Labute approximate surface area is 94.2 Å². The summed E-state index contributed by atoms with van der Waals surface area (Å²) in [5, 5.41) is 3.28. The minimum atomic E-state index is -0.716. The Balaban J connectivity index is 3.34. The van der Waals surface area contributed by atoms with Gasteiger partial charge in [-0.15, -0.1) is 0 Å². The predicted molar refractivity (Wildman–Crippen MR) is 62.3 cm³/mol. The van der Waals surface area contributed by atoms with Crippen molar-refractivity contribution in [1.29, 1.82) is 0 Å². The van der Waals surface area contributed by atoms with Crippen molar-refractivity contribution in [3.05, 3.63) is 0 Å². The van der Waals surface area contributed by atoms with Crippen molar-refractivity contribution in [3.63, 3.8) is 0 Å². The average Bonchev–Trinajstić information content (AvgIpc) is 2.21. The van der Waals surface area contributed by atoms with Crippen molar-refractivity contribution in [2.75, 3.05) is 25.7 Å². The number of esters is 1. The molecular formula is C10H21NO3S. The summed E-state index contributed by atoms with van der Waals surface area (Å²) in [6, 6.07) is 0.353. The highest BCUT2D eigenvalue weighted by Crippen LogP contribution is 1.95. The highest BCUT2D eigenvalue weighted by molar-refractivity contribution is 7.84. The SMILES string of the molecule is COC(=O)CCCNC(C)CCS(C)=O. The quantitative estimate of drug-likeness (QED) is 0.497. The molecule has 0 radical (unpaired) electrons. The number of carbonyl (C=O) groups is 1. The fraction of sp³-hybridized carbons (Fsp3) is 0.900. The number of methoxy groups -OCH3 is 1. The predicted octanol–water partition coefficient (Wildman–Crippen LogP) is 0.686. The topological polar surface area (TPSA) is 55.4 Å². The van der Waals surface area contributed by atoms with Gasteiger partial charge in [0.25, 0.3) is 0 Å². The monoisotopic (exact) mass is 235 g/mol. The van der Waals surface area contributed by atoms with Gasteiger partial charge in [0.2, 0.25) is 0 Å². The van der Waals surface area contributed by atoms with Crippen LogP contribution in [0.3, 0.4) is 0 Å². The third-order valence-electron chi connectivity index (χ3n) is 2.12. The first-order valence-corrected chi connectivity index (χ1v) is 6.89. The van der Waals surface area contributed by atoms with Crippen LogP contribution in [0, 0.1) is 0 Å². The van der Waals surface area contributed by atoms with Crippen molar-refractivity contribution >= 4 is 16.8 Å². The van der Waals surface area contributed by atoms with E-state index in [0.29, 0.717) is 12.5 Å². The van der Waals surface area contributed by atoms with E-state index in [0.717, 1.165) is 25.1 Å². The summed E-state index contributed by atoms with van der Waals surface area (Å²) in [6.07, 6.45) is 3.85. The van der Waals surface area contributed by atoms with Crippen LogP contribution < -0.4 is 5.32 Å². The molecule has 0 spiro atoms. The molecule has 0 aliphatic rings. The first-order chi connectivity index (χ1) is 7.06. The van der Waals surface area contributed by atoms with Crippen LogP contribution in [0.25, 0.3) is 0 Å². The zero-order valence-corrected chi connectivity index (χ0v) is 10.6. The molecule has 0 heterocycles. The molecule has 0 aliphatic heterocycles. The van der Waals surface area contributed by atoms with Gasteiger partial charge in [-0.25, -0.2) is 0 Å². The summed E-state index contributed by atoms with van der Waals surface area (Å²) < 4.78 is 15.4. The summed E-state index contributed by atoms with van der Waals surface area (Å²) >= 11 is 0. The van der Waals surface area contributed by atoms with Crippen molar-refractivity contribution in [2.24, 2.45) is 0 Å². The highest BCUT2D eigenvalue weighted by Gasteiger charge is 2.03. The summed E-state index contributed by atoms with van der Waals surface area (Å²) in [5.74, 6) is 0.560. The molecule has 0 fully saturated rings. The molecule has 2 unspecified atom stereocenters. The summed E-state index contributed by atoms with van der Waals surface area (Å²) in [7, 11) is 0.681. The lowest BCUT2D eigenvalue weighted by Crippen LogP contribution is -2.28. The van der Waals surface area contributed by atoms with Gasteiger partial charge in [-0.3, -0.25) is 9.00 Å². The maximum atomic E-state index is 10.8. The van der Waals surface area contributed by atoms with E-state index >= 15 is 0 Å². The normalized spacial score (nSPS) is 14.6. The molecule has 0 rings (SSSR count). The second kappa shape index (κ2) is 8.85. The van der Waals surface area contributed by atoms with Gasteiger partial charge >= 0.3 is 5.97 Å². The van der Waals surface area contributed by atoms with E-state index in [1.807, 2.05) is 0 Å². The fourth-order valence-corrected chi connectivity index (χ4v) is 1.81. The lowest BCUT2D eigenvalue weighted by Gasteiger charge is -2.12. The molecule has 5 heteroatoms.